The third-order valence-electron chi connectivity index (χ3n) is 5.61. The second-order valence-corrected chi connectivity index (χ2v) is 8.07. The molecular formula is C19H27BrN2O. The van der Waals surface area contributed by atoms with Gasteiger partial charge in [0.05, 0.1) is 0 Å². The van der Waals surface area contributed by atoms with Gasteiger partial charge in [-0.2, -0.15) is 0 Å². The molecule has 0 atom stereocenters. The molecule has 1 aliphatic heterocycles. The minimum Gasteiger partial charge on any atom is -0.355 e. The third-order valence-corrected chi connectivity index (χ3v) is 6.10. The van der Waals surface area contributed by atoms with Gasteiger partial charge in [-0.25, -0.2) is 0 Å². The van der Waals surface area contributed by atoms with Crippen molar-refractivity contribution in [2.75, 3.05) is 19.6 Å². The number of hydrogen-bond donors (Lipinski definition) is 2. The Morgan fingerprint density at radius 2 is 2.09 bits per heavy atom. The number of hydrogen-bond acceptors (Lipinski definition) is 2. The number of benzene rings is 1. The molecule has 1 saturated heterocycles. The van der Waals surface area contributed by atoms with Crippen molar-refractivity contribution in [3.05, 3.63) is 34.3 Å². The van der Waals surface area contributed by atoms with Gasteiger partial charge in [-0.05, 0) is 68.8 Å². The number of carbonyl (C=O) groups is 1. The van der Waals surface area contributed by atoms with Gasteiger partial charge >= 0.3 is 0 Å². The van der Waals surface area contributed by atoms with E-state index in [0.717, 1.165) is 36.4 Å². The van der Waals surface area contributed by atoms with E-state index in [2.05, 4.69) is 50.8 Å². The molecule has 0 radical (unpaired) electrons. The van der Waals surface area contributed by atoms with Crippen molar-refractivity contribution in [1.29, 1.82) is 0 Å². The van der Waals surface area contributed by atoms with Gasteiger partial charge in [0, 0.05) is 22.9 Å². The molecule has 1 heterocycles. The summed E-state index contributed by atoms with van der Waals surface area (Å²) in [6.45, 7) is 3.01. The van der Waals surface area contributed by atoms with E-state index in [9.17, 15) is 4.79 Å². The van der Waals surface area contributed by atoms with Crippen LogP contribution in [0, 0.1) is 5.92 Å². The van der Waals surface area contributed by atoms with Gasteiger partial charge < -0.3 is 10.6 Å². The molecule has 23 heavy (non-hydrogen) atoms. The number of rotatable bonds is 6. The Bertz CT molecular complexity index is 536. The van der Waals surface area contributed by atoms with E-state index in [-0.39, 0.29) is 11.3 Å². The molecule has 1 aromatic rings. The molecule has 1 aliphatic carbocycles. The lowest BCUT2D eigenvalue weighted by Gasteiger charge is -2.42. The highest BCUT2D eigenvalue weighted by molar-refractivity contribution is 9.10. The number of piperidine rings is 1. The van der Waals surface area contributed by atoms with Gasteiger partial charge in [0.1, 0.15) is 0 Å². The van der Waals surface area contributed by atoms with Crippen LogP contribution in [0.15, 0.2) is 28.7 Å². The molecule has 2 aliphatic rings. The Labute approximate surface area is 147 Å². The Balaban J connectivity index is 1.48. The zero-order valence-electron chi connectivity index (χ0n) is 13.7. The fraction of sp³-hybridized carbons (Fsp3) is 0.632. The molecule has 1 amide bonds. The Hall–Kier alpha value is -0.870. The van der Waals surface area contributed by atoms with Crippen LogP contribution in [0.4, 0.5) is 0 Å². The Morgan fingerprint density at radius 3 is 2.74 bits per heavy atom. The minimum absolute atomic E-state index is 0.161. The van der Waals surface area contributed by atoms with Crippen LogP contribution in [-0.2, 0) is 10.2 Å². The number of nitrogens with one attached hydrogen (secondary N) is 2. The second-order valence-electron chi connectivity index (χ2n) is 7.15. The van der Waals surface area contributed by atoms with E-state index in [1.807, 2.05) is 0 Å². The first-order valence-corrected chi connectivity index (χ1v) is 9.71. The fourth-order valence-corrected chi connectivity index (χ4v) is 4.25. The first-order valence-electron chi connectivity index (χ1n) is 8.91. The van der Waals surface area contributed by atoms with Gasteiger partial charge in [-0.15, -0.1) is 0 Å². The van der Waals surface area contributed by atoms with Crippen molar-refractivity contribution < 1.29 is 4.79 Å². The summed E-state index contributed by atoms with van der Waals surface area (Å²) in [4.78, 5) is 12.2. The fourth-order valence-electron chi connectivity index (χ4n) is 3.85. The SMILES string of the molecule is O=C(CCC1CCNCC1)NCC1(c2cccc(Br)c2)CCC1. The molecule has 1 saturated carbocycles. The zero-order valence-corrected chi connectivity index (χ0v) is 15.3. The average Bonchev–Trinajstić information content (AvgIpc) is 2.53. The summed E-state index contributed by atoms with van der Waals surface area (Å²) in [5, 5.41) is 6.59. The van der Waals surface area contributed by atoms with E-state index in [0.29, 0.717) is 6.42 Å². The molecule has 126 valence electrons. The molecule has 2 fully saturated rings. The zero-order chi connectivity index (χ0) is 16.1. The second kappa shape index (κ2) is 7.80. The van der Waals surface area contributed by atoms with Gasteiger partial charge in [0.25, 0.3) is 0 Å². The summed E-state index contributed by atoms with van der Waals surface area (Å²) in [6.07, 6.45) is 7.77. The van der Waals surface area contributed by atoms with Crippen LogP contribution in [0.2, 0.25) is 0 Å². The largest absolute Gasteiger partial charge is 0.355 e. The highest BCUT2D eigenvalue weighted by Crippen LogP contribution is 2.43. The summed E-state index contributed by atoms with van der Waals surface area (Å²) in [5.41, 5.74) is 1.52. The molecule has 0 bridgehead atoms. The summed E-state index contributed by atoms with van der Waals surface area (Å²) in [6, 6.07) is 8.57. The van der Waals surface area contributed by atoms with E-state index >= 15 is 0 Å². The normalized spacial score (nSPS) is 20.7. The third kappa shape index (κ3) is 4.36. The quantitative estimate of drug-likeness (QED) is 0.790. The van der Waals surface area contributed by atoms with E-state index in [4.69, 9.17) is 0 Å². The Morgan fingerprint density at radius 1 is 1.30 bits per heavy atom. The maximum Gasteiger partial charge on any atom is 0.220 e. The average molecular weight is 379 g/mol. The maximum absolute atomic E-state index is 12.2. The molecule has 3 nitrogen and oxygen atoms in total. The van der Waals surface area contributed by atoms with Gasteiger partial charge in [0.2, 0.25) is 5.91 Å². The van der Waals surface area contributed by atoms with Crippen molar-refractivity contribution in [1.82, 2.24) is 10.6 Å². The van der Waals surface area contributed by atoms with Crippen LogP contribution in [0.25, 0.3) is 0 Å². The van der Waals surface area contributed by atoms with Crippen molar-refractivity contribution in [2.45, 2.75) is 50.4 Å². The van der Waals surface area contributed by atoms with Crippen LogP contribution < -0.4 is 10.6 Å². The van der Waals surface area contributed by atoms with Crippen molar-refractivity contribution in [3.63, 3.8) is 0 Å². The van der Waals surface area contributed by atoms with E-state index in [1.165, 1.54) is 37.7 Å². The molecule has 0 aromatic heterocycles. The standard InChI is InChI=1S/C19H27BrN2O/c20-17-4-1-3-16(13-17)19(9-2-10-19)14-22-18(23)6-5-15-7-11-21-12-8-15/h1,3-4,13,15,21H,2,5-12,14H2,(H,22,23). The van der Waals surface area contributed by atoms with Crippen LogP contribution in [0.3, 0.4) is 0 Å². The predicted octanol–water partition coefficient (Wildman–Crippen LogP) is 3.77. The molecule has 4 heteroatoms. The summed E-state index contributed by atoms with van der Waals surface area (Å²) < 4.78 is 1.12. The summed E-state index contributed by atoms with van der Waals surface area (Å²) >= 11 is 3.56. The molecule has 2 N–H and O–H groups in total. The van der Waals surface area contributed by atoms with Crippen molar-refractivity contribution >= 4 is 21.8 Å². The minimum atomic E-state index is 0.161. The monoisotopic (exact) mass is 378 g/mol. The first kappa shape index (κ1) is 17.0. The summed E-state index contributed by atoms with van der Waals surface area (Å²) in [7, 11) is 0. The lowest BCUT2D eigenvalue weighted by Crippen LogP contribution is -2.45. The van der Waals surface area contributed by atoms with E-state index in [1.54, 1.807) is 0 Å². The highest BCUT2D eigenvalue weighted by Gasteiger charge is 2.38. The van der Waals surface area contributed by atoms with E-state index < -0.39 is 0 Å². The van der Waals surface area contributed by atoms with Gasteiger partial charge in [-0.1, -0.05) is 34.5 Å². The van der Waals surface area contributed by atoms with Crippen LogP contribution in [0.1, 0.15) is 50.5 Å². The predicted molar refractivity (Wildman–Crippen MR) is 97.5 cm³/mol. The highest BCUT2D eigenvalue weighted by atomic mass is 79.9. The van der Waals surface area contributed by atoms with Gasteiger partial charge in [-0.3, -0.25) is 4.79 Å². The van der Waals surface area contributed by atoms with Crippen molar-refractivity contribution in [3.8, 4) is 0 Å². The lowest BCUT2D eigenvalue weighted by molar-refractivity contribution is -0.121. The number of amides is 1. The van der Waals surface area contributed by atoms with Gasteiger partial charge in [0.15, 0.2) is 0 Å². The van der Waals surface area contributed by atoms with Crippen molar-refractivity contribution in [2.24, 2.45) is 5.92 Å². The van der Waals surface area contributed by atoms with Crippen LogP contribution in [-0.4, -0.2) is 25.5 Å². The molecule has 0 unspecified atom stereocenters. The first-order chi connectivity index (χ1) is 11.2. The number of carbonyl (C=O) groups excluding carboxylic acids is 1. The molecule has 1 aromatic carbocycles. The number of halogens is 1. The molecule has 3 rings (SSSR count). The topological polar surface area (TPSA) is 41.1 Å². The van der Waals surface area contributed by atoms with Crippen LogP contribution >= 0.6 is 15.9 Å². The molecular weight excluding hydrogens is 352 g/mol. The lowest BCUT2D eigenvalue weighted by atomic mass is 9.64. The summed E-state index contributed by atoms with van der Waals surface area (Å²) in [5.74, 6) is 0.953. The molecule has 0 spiro atoms. The smallest absolute Gasteiger partial charge is 0.220 e. The Kier molecular flexibility index (Phi) is 5.76. The maximum atomic E-state index is 12.2. The van der Waals surface area contributed by atoms with Crippen LogP contribution in [0.5, 0.6) is 0 Å².